The number of benzene rings is 3. The summed E-state index contributed by atoms with van der Waals surface area (Å²) in [6, 6.07) is 28.7. The first kappa shape index (κ1) is 27.2. The molecule has 210 valence electrons. The number of amides is 1. The Balaban J connectivity index is 1.31. The highest BCUT2D eigenvalue weighted by Gasteiger charge is 2.33. The van der Waals surface area contributed by atoms with E-state index in [1.165, 1.54) is 27.7 Å². The van der Waals surface area contributed by atoms with Crippen LogP contribution in [0.15, 0.2) is 84.9 Å². The molecule has 0 aliphatic heterocycles. The van der Waals surface area contributed by atoms with Crippen molar-refractivity contribution in [1.82, 2.24) is 14.7 Å². The number of hydrogen-bond acceptors (Lipinski definition) is 3. The lowest BCUT2D eigenvalue weighted by Gasteiger charge is -2.26. The molecule has 1 saturated carbocycles. The molecule has 0 saturated heterocycles. The van der Waals surface area contributed by atoms with Crippen molar-refractivity contribution in [2.75, 3.05) is 6.61 Å². The molecule has 0 bridgehead atoms. The highest BCUT2D eigenvalue weighted by atomic mass is 16.3. The highest BCUT2D eigenvalue weighted by molar-refractivity contribution is 5.92. The van der Waals surface area contributed by atoms with Crippen LogP contribution >= 0.6 is 0 Å². The van der Waals surface area contributed by atoms with Crippen molar-refractivity contribution in [2.45, 2.75) is 64.3 Å². The number of aryl methyl sites for hydroxylation is 2. The fourth-order valence-corrected chi connectivity index (χ4v) is 6.80. The monoisotopic (exact) mass is 545 g/mol. The van der Waals surface area contributed by atoms with Crippen molar-refractivity contribution in [2.24, 2.45) is 5.92 Å². The Labute approximate surface area is 242 Å². The van der Waals surface area contributed by atoms with Crippen LogP contribution in [0.2, 0.25) is 0 Å². The van der Waals surface area contributed by atoms with Gasteiger partial charge in [0, 0.05) is 28.8 Å². The Hall–Kier alpha value is -3.96. The van der Waals surface area contributed by atoms with Gasteiger partial charge < -0.3 is 10.4 Å². The number of carbonyl (C=O) groups is 1. The second kappa shape index (κ2) is 11.9. The number of rotatable bonds is 9. The molecule has 1 aliphatic rings. The molecule has 5 nitrogen and oxygen atoms in total. The van der Waals surface area contributed by atoms with Gasteiger partial charge in [-0.05, 0) is 60.9 Å². The van der Waals surface area contributed by atoms with E-state index in [-0.39, 0.29) is 18.4 Å². The topological polar surface area (TPSA) is 66.6 Å². The summed E-state index contributed by atoms with van der Waals surface area (Å²) in [5.74, 6) is 0.0931. The Morgan fingerprint density at radius 3 is 2.39 bits per heavy atom. The summed E-state index contributed by atoms with van der Waals surface area (Å²) in [4.78, 5) is 18.8. The normalized spacial score (nSPS) is 15.4. The molecule has 1 fully saturated rings. The van der Waals surface area contributed by atoms with Crippen LogP contribution in [0.3, 0.4) is 0 Å². The quantitative estimate of drug-likeness (QED) is 0.208. The van der Waals surface area contributed by atoms with E-state index in [0.29, 0.717) is 5.92 Å². The van der Waals surface area contributed by atoms with Gasteiger partial charge in [0.25, 0.3) is 0 Å². The minimum absolute atomic E-state index is 0.00347. The van der Waals surface area contributed by atoms with Gasteiger partial charge in [-0.2, -0.15) is 0 Å². The lowest BCUT2D eigenvalue weighted by molar-refractivity contribution is -0.124. The number of aliphatic hydroxyl groups excluding tert-OH is 1. The molecule has 1 aliphatic carbocycles. The zero-order chi connectivity index (χ0) is 28.3. The summed E-state index contributed by atoms with van der Waals surface area (Å²) >= 11 is 0. The van der Waals surface area contributed by atoms with Gasteiger partial charge in [0.2, 0.25) is 5.91 Å². The van der Waals surface area contributed by atoms with Crippen LogP contribution in [0.25, 0.3) is 16.6 Å². The van der Waals surface area contributed by atoms with E-state index >= 15 is 0 Å². The van der Waals surface area contributed by atoms with E-state index in [1.807, 2.05) is 30.3 Å². The number of carbonyl (C=O) groups excluding carboxylic acids is 1. The Kier molecular flexibility index (Phi) is 7.89. The molecule has 0 radical (unpaired) electrons. The van der Waals surface area contributed by atoms with Crippen LogP contribution in [0.1, 0.15) is 78.2 Å². The fraction of sp³-hybridized carbons (Fsp3) is 0.333. The molecule has 2 atom stereocenters. The minimum Gasteiger partial charge on any atom is -0.394 e. The molecule has 2 heterocycles. The first-order valence-corrected chi connectivity index (χ1v) is 15.0. The van der Waals surface area contributed by atoms with Crippen LogP contribution < -0.4 is 5.32 Å². The molecule has 5 aromatic rings. The summed E-state index contributed by atoms with van der Waals surface area (Å²) in [6.07, 6.45) is 6.16. The molecule has 5 heteroatoms. The van der Waals surface area contributed by atoms with Crippen LogP contribution in [-0.2, 0) is 17.6 Å². The van der Waals surface area contributed by atoms with E-state index in [0.717, 1.165) is 61.0 Å². The van der Waals surface area contributed by atoms with Crippen LogP contribution in [0.5, 0.6) is 0 Å². The van der Waals surface area contributed by atoms with Gasteiger partial charge in [-0.3, -0.25) is 9.20 Å². The molecule has 6 rings (SSSR count). The number of para-hydroxylation sites is 1. The van der Waals surface area contributed by atoms with Crippen molar-refractivity contribution < 1.29 is 9.90 Å². The zero-order valence-corrected chi connectivity index (χ0v) is 24.0. The second-order valence-corrected chi connectivity index (χ2v) is 11.5. The molecule has 3 aromatic carbocycles. The van der Waals surface area contributed by atoms with Gasteiger partial charge in [-0.25, -0.2) is 4.98 Å². The number of aliphatic hydroxyl groups is 1. The second-order valence-electron chi connectivity index (χ2n) is 11.5. The van der Waals surface area contributed by atoms with E-state index < -0.39 is 6.04 Å². The third-order valence-corrected chi connectivity index (χ3v) is 8.83. The van der Waals surface area contributed by atoms with Gasteiger partial charge in [0.05, 0.1) is 24.1 Å². The van der Waals surface area contributed by atoms with Gasteiger partial charge in [-0.15, -0.1) is 0 Å². The Morgan fingerprint density at radius 1 is 0.976 bits per heavy atom. The molecule has 1 amide bonds. The van der Waals surface area contributed by atoms with Crippen molar-refractivity contribution in [3.8, 4) is 0 Å². The van der Waals surface area contributed by atoms with Crippen LogP contribution in [-0.4, -0.2) is 27.0 Å². The average Bonchev–Trinajstić information content (AvgIpc) is 3.64. The smallest absolute Gasteiger partial charge is 0.228 e. The minimum atomic E-state index is -0.410. The number of aromatic nitrogens is 2. The van der Waals surface area contributed by atoms with Gasteiger partial charge in [0.1, 0.15) is 5.65 Å². The largest absolute Gasteiger partial charge is 0.394 e. The predicted molar refractivity (Wildman–Crippen MR) is 165 cm³/mol. The van der Waals surface area contributed by atoms with E-state index in [2.05, 4.69) is 78.2 Å². The standard InChI is InChI=1S/C36H39N3O2/c1-3-29-21-24(2)37-35-31(30-15-9-10-16-33(30)39(29)35)22-25-17-19-28(20-18-25)34(27-13-7-8-14-27)36(41)38-32(23-40)26-11-5-4-6-12-26/h4-6,9-12,15-21,27,32,34,40H,3,7-8,13-14,22-23H2,1-2H3,(H,38,41). The van der Waals surface area contributed by atoms with Crippen molar-refractivity contribution in [3.05, 3.63) is 119 Å². The maximum atomic E-state index is 13.8. The Morgan fingerprint density at radius 2 is 1.68 bits per heavy atom. The van der Waals surface area contributed by atoms with Crippen LogP contribution in [0.4, 0.5) is 0 Å². The third-order valence-electron chi connectivity index (χ3n) is 8.83. The van der Waals surface area contributed by atoms with Crippen molar-refractivity contribution in [3.63, 3.8) is 0 Å². The first-order chi connectivity index (χ1) is 20.1. The van der Waals surface area contributed by atoms with E-state index in [9.17, 15) is 9.90 Å². The number of fused-ring (bicyclic) bond motifs is 3. The van der Waals surface area contributed by atoms with Crippen molar-refractivity contribution >= 4 is 22.5 Å². The highest BCUT2D eigenvalue weighted by Crippen LogP contribution is 2.38. The molecule has 2 N–H and O–H groups in total. The van der Waals surface area contributed by atoms with E-state index in [4.69, 9.17) is 4.98 Å². The van der Waals surface area contributed by atoms with Gasteiger partial charge in [-0.1, -0.05) is 92.6 Å². The molecule has 2 aromatic heterocycles. The maximum Gasteiger partial charge on any atom is 0.228 e. The van der Waals surface area contributed by atoms with E-state index in [1.54, 1.807) is 0 Å². The first-order valence-electron chi connectivity index (χ1n) is 15.0. The molecule has 2 unspecified atom stereocenters. The fourth-order valence-electron chi connectivity index (χ4n) is 6.80. The zero-order valence-electron chi connectivity index (χ0n) is 24.0. The average molecular weight is 546 g/mol. The lowest BCUT2D eigenvalue weighted by Crippen LogP contribution is -2.37. The third kappa shape index (κ3) is 5.39. The predicted octanol–water partition coefficient (Wildman–Crippen LogP) is 7.07. The number of nitrogens with one attached hydrogen (secondary N) is 1. The summed E-state index contributed by atoms with van der Waals surface area (Å²) in [6.45, 7) is 4.14. The summed E-state index contributed by atoms with van der Waals surface area (Å²) in [5, 5.41) is 14.5. The molecule has 0 spiro atoms. The molecule has 41 heavy (non-hydrogen) atoms. The van der Waals surface area contributed by atoms with Gasteiger partial charge in [0.15, 0.2) is 0 Å². The number of nitrogens with zero attached hydrogens (tertiary/aromatic N) is 2. The SMILES string of the molecule is CCc1cc(C)nc2c(Cc3ccc(C(C(=O)NC(CO)c4ccccc4)C4CCCC4)cc3)c3ccccc3n12. The summed E-state index contributed by atoms with van der Waals surface area (Å²) in [5.41, 5.74) is 8.97. The maximum absolute atomic E-state index is 13.8. The van der Waals surface area contributed by atoms with Crippen molar-refractivity contribution in [1.29, 1.82) is 0 Å². The van der Waals surface area contributed by atoms with Crippen LogP contribution in [0, 0.1) is 12.8 Å². The van der Waals surface area contributed by atoms with Gasteiger partial charge >= 0.3 is 0 Å². The lowest BCUT2D eigenvalue weighted by atomic mass is 9.83. The summed E-state index contributed by atoms with van der Waals surface area (Å²) < 4.78 is 2.32. The number of hydrogen-bond donors (Lipinski definition) is 2. The summed E-state index contributed by atoms with van der Waals surface area (Å²) in [7, 11) is 0. The Bertz CT molecular complexity index is 1650. The molecular formula is C36H39N3O2. The molecular weight excluding hydrogens is 506 g/mol.